The predicted octanol–water partition coefficient (Wildman–Crippen LogP) is 1.39. The first-order valence-corrected chi connectivity index (χ1v) is 7.56. The van der Waals surface area contributed by atoms with Gasteiger partial charge in [0.1, 0.15) is 15.7 Å². The molecule has 1 aromatic carbocycles. The smallest absolute Gasteiger partial charge is 0.147 e. The highest BCUT2D eigenvalue weighted by molar-refractivity contribution is 7.90. The number of benzene rings is 1. The second kappa shape index (κ2) is 6.12. The van der Waals surface area contributed by atoms with Crippen LogP contribution in [0.1, 0.15) is 12.0 Å². The molecule has 0 aliphatic heterocycles. The van der Waals surface area contributed by atoms with Gasteiger partial charge in [0.15, 0.2) is 0 Å². The number of hydrogen-bond acceptors (Lipinski definition) is 3. The lowest BCUT2D eigenvalue weighted by Crippen LogP contribution is -2.29. The Labute approximate surface area is 102 Å². The molecular weight excluding hydrogens is 241 g/mol. The van der Waals surface area contributed by atoms with Crippen molar-refractivity contribution in [2.24, 2.45) is 0 Å². The molecule has 0 aromatic heterocycles. The molecule has 0 aliphatic rings. The van der Waals surface area contributed by atoms with Gasteiger partial charge in [0.2, 0.25) is 0 Å². The van der Waals surface area contributed by atoms with Crippen molar-refractivity contribution in [1.29, 1.82) is 0 Å². The minimum Gasteiger partial charge on any atom is -0.317 e. The molecule has 1 N–H and O–H groups in total. The van der Waals surface area contributed by atoms with Crippen LogP contribution in [-0.2, 0) is 16.3 Å². The third-order valence-electron chi connectivity index (χ3n) is 2.62. The minimum atomic E-state index is -2.94. The number of nitrogens with one attached hydrogen (secondary N) is 1. The van der Waals surface area contributed by atoms with Gasteiger partial charge in [-0.05, 0) is 37.6 Å². The molecule has 0 radical (unpaired) electrons. The quantitative estimate of drug-likeness (QED) is 0.840. The summed E-state index contributed by atoms with van der Waals surface area (Å²) in [6.45, 7) is 0. The van der Waals surface area contributed by atoms with Gasteiger partial charge >= 0.3 is 0 Å². The zero-order chi connectivity index (χ0) is 12.9. The van der Waals surface area contributed by atoms with Gasteiger partial charge in [0.05, 0.1) is 5.75 Å². The zero-order valence-corrected chi connectivity index (χ0v) is 10.9. The predicted molar refractivity (Wildman–Crippen MR) is 67.3 cm³/mol. The van der Waals surface area contributed by atoms with Crippen LogP contribution in [0.4, 0.5) is 4.39 Å². The number of halogens is 1. The van der Waals surface area contributed by atoms with Crippen molar-refractivity contribution in [3.8, 4) is 0 Å². The van der Waals surface area contributed by atoms with Crippen LogP contribution in [0.5, 0.6) is 0 Å². The van der Waals surface area contributed by atoms with E-state index in [4.69, 9.17) is 0 Å². The van der Waals surface area contributed by atoms with Crippen molar-refractivity contribution in [3.63, 3.8) is 0 Å². The molecule has 1 aromatic rings. The van der Waals surface area contributed by atoms with E-state index in [0.29, 0.717) is 12.8 Å². The summed E-state index contributed by atoms with van der Waals surface area (Å²) in [5.41, 5.74) is 0.873. The largest absolute Gasteiger partial charge is 0.317 e. The lowest BCUT2D eigenvalue weighted by Gasteiger charge is -2.15. The standard InChI is InChI=1S/C12H18FNO2S/c1-14-12(6-7-17(2,15)16)9-10-4-3-5-11(13)8-10/h3-5,8,12,14H,6-7,9H2,1-2H3. The summed E-state index contributed by atoms with van der Waals surface area (Å²) in [5.74, 6) is -0.117. The van der Waals surface area contributed by atoms with Crippen molar-refractivity contribution in [3.05, 3.63) is 35.6 Å². The molecule has 0 amide bonds. The first kappa shape index (κ1) is 14.1. The summed E-state index contributed by atoms with van der Waals surface area (Å²) in [5, 5.41) is 3.06. The summed E-state index contributed by atoms with van der Waals surface area (Å²) in [6, 6.07) is 6.42. The molecule has 1 atom stereocenters. The van der Waals surface area contributed by atoms with Crippen LogP contribution in [0.3, 0.4) is 0 Å². The van der Waals surface area contributed by atoms with Crippen LogP contribution in [-0.4, -0.2) is 33.5 Å². The molecule has 0 saturated heterocycles. The summed E-state index contributed by atoms with van der Waals surface area (Å²) in [6.07, 6.45) is 2.39. The summed E-state index contributed by atoms with van der Waals surface area (Å²) in [7, 11) is -1.16. The van der Waals surface area contributed by atoms with Gasteiger partial charge in [-0.1, -0.05) is 12.1 Å². The van der Waals surface area contributed by atoms with Gasteiger partial charge in [-0.3, -0.25) is 0 Å². The number of likely N-dealkylation sites (N-methyl/N-ethyl adjacent to an activating group) is 1. The second-order valence-electron chi connectivity index (χ2n) is 4.24. The topological polar surface area (TPSA) is 46.2 Å². The van der Waals surface area contributed by atoms with Crippen molar-refractivity contribution in [2.75, 3.05) is 19.1 Å². The van der Waals surface area contributed by atoms with E-state index >= 15 is 0 Å². The fourth-order valence-corrected chi connectivity index (χ4v) is 2.37. The number of hydrogen-bond donors (Lipinski definition) is 1. The average Bonchev–Trinajstić information content (AvgIpc) is 2.23. The van der Waals surface area contributed by atoms with Crippen LogP contribution >= 0.6 is 0 Å². The SMILES string of the molecule is CNC(CCS(C)(=O)=O)Cc1cccc(F)c1. The molecule has 0 saturated carbocycles. The van der Waals surface area contributed by atoms with Crippen molar-refractivity contribution in [1.82, 2.24) is 5.32 Å². The number of rotatable bonds is 6. The van der Waals surface area contributed by atoms with E-state index in [0.717, 1.165) is 5.56 Å². The molecule has 1 unspecified atom stereocenters. The van der Waals surface area contributed by atoms with Crippen molar-refractivity contribution < 1.29 is 12.8 Å². The Kier molecular flexibility index (Phi) is 5.08. The highest BCUT2D eigenvalue weighted by atomic mass is 32.2. The monoisotopic (exact) mass is 259 g/mol. The molecule has 0 fully saturated rings. The van der Waals surface area contributed by atoms with E-state index in [9.17, 15) is 12.8 Å². The van der Waals surface area contributed by atoms with Crippen LogP contribution in [0.2, 0.25) is 0 Å². The Balaban J connectivity index is 2.58. The number of sulfone groups is 1. The van der Waals surface area contributed by atoms with E-state index in [1.54, 1.807) is 13.1 Å². The van der Waals surface area contributed by atoms with E-state index in [2.05, 4.69) is 5.32 Å². The van der Waals surface area contributed by atoms with Crippen LogP contribution in [0.25, 0.3) is 0 Å². The normalized spacial score (nSPS) is 13.6. The molecule has 5 heteroatoms. The summed E-state index contributed by atoms with van der Waals surface area (Å²) < 4.78 is 35.1. The van der Waals surface area contributed by atoms with Gasteiger partial charge in [-0.15, -0.1) is 0 Å². The Morgan fingerprint density at radius 2 is 2.12 bits per heavy atom. The van der Waals surface area contributed by atoms with Gasteiger partial charge < -0.3 is 5.32 Å². The second-order valence-corrected chi connectivity index (χ2v) is 6.50. The molecule has 0 aliphatic carbocycles. The summed E-state index contributed by atoms with van der Waals surface area (Å²) in [4.78, 5) is 0. The van der Waals surface area contributed by atoms with Gasteiger partial charge in [0, 0.05) is 12.3 Å². The highest BCUT2D eigenvalue weighted by Crippen LogP contribution is 2.09. The molecule has 1 rings (SSSR count). The molecule has 0 heterocycles. The fraction of sp³-hybridized carbons (Fsp3) is 0.500. The van der Waals surface area contributed by atoms with E-state index in [-0.39, 0.29) is 17.6 Å². The molecular formula is C12H18FNO2S. The maximum Gasteiger partial charge on any atom is 0.147 e. The van der Waals surface area contributed by atoms with Gasteiger partial charge in [-0.25, -0.2) is 12.8 Å². The third kappa shape index (κ3) is 5.79. The van der Waals surface area contributed by atoms with Gasteiger partial charge in [0.25, 0.3) is 0 Å². The van der Waals surface area contributed by atoms with E-state index < -0.39 is 9.84 Å². The average molecular weight is 259 g/mol. The van der Waals surface area contributed by atoms with Crippen LogP contribution in [0.15, 0.2) is 24.3 Å². The fourth-order valence-electron chi connectivity index (χ4n) is 1.65. The molecule has 96 valence electrons. The Bertz CT molecular complexity index is 459. The first-order valence-electron chi connectivity index (χ1n) is 5.50. The Morgan fingerprint density at radius 1 is 1.41 bits per heavy atom. The minimum absolute atomic E-state index is 0.0477. The third-order valence-corrected chi connectivity index (χ3v) is 3.59. The van der Waals surface area contributed by atoms with Crippen LogP contribution in [0, 0.1) is 5.82 Å². The molecule has 3 nitrogen and oxygen atoms in total. The zero-order valence-electron chi connectivity index (χ0n) is 10.1. The Hall–Kier alpha value is -0.940. The highest BCUT2D eigenvalue weighted by Gasteiger charge is 2.11. The van der Waals surface area contributed by atoms with Crippen LogP contribution < -0.4 is 5.32 Å². The summed E-state index contributed by atoms with van der Waals surface area (Å²) >= 11 is 0. The van der Waals surface area contributed by atoms with E-state index in [1.807, 2.05) is 6.07 Å². The molecule has 0 bridgehead atoms. The molecule has 17 heavy (non-hydrogen) atoms. The maximum atomic E-state index is 13.0. The maximum absolute atomic E-state index is 13.0. The van der Waals surface area contributed by atoms with E-state index in [1.165, 1.54) is 18.4 Å². The van der Waals surface area contributed by atoms with Crippen molar-refractivity contribution in [2.45, 2.75) is 18.9 Å². The Morgan fingerprint density at radius 3 is 2.65 bits per heavy atom. The first-order chi connectivity index (χ1) is 7.90. The lowest BCUT2D eigenvalue weighted by atomic mass is 10.0. The van der Waals surface area contributed by atoms with Crippen molar-refractivity contribution >= 4 is 9.84 Å². The van der Waals surface area contributed by atoms with Gasteiger partial charge in [-0.2, -0.15) is 0 Å². The molecule has 0 spiro atoms. The lowest BCUT2D eigenvalue weighted by molar-refractivity contribution is 0.532.